The maximum atomic E-state index is 12.3. The molecule has 0 aliphatic rings. The third kappa shape index (κ3) is 2.00. The largest absolute Gasteiger partial charge is 0.410 e. The molecule has 1 atom stereocenters. The molecule has 1 rings (SSSR count). The van der Waals surface area contributed by atoms with Crippen molar-refractivity contribution in [1.29, 1.82) is 0 Å². The van der Waals surface area contributed by atoms with Gasteiger partial charge in [0.2, 0.25) is 0 Å². The van der Waals surface area contributed by atoms with Crippen molar-refractivity contribution in [3.05, 3.63) is 11.4 Å². The molecule has 80 valence electrons. The highest BCUT2D eigenvalue weighted by Gasteiger charge is 2.39. The molecule has 1 unspecified atom stereocenters. The van der Waals surface area contributed by atoms with E-state index in [1.54, 1.807) is 0 Å². The van der Waals surface area contributed by atoms with Gasteiger partial charge in [-0.2, -0.15) is 13.2 Å². The van der Waals surface area contributed by atoms with Crippen LogP contribution in [0.3, 0.4) is 0 Å². The molecule has 1 aromatic heterocycles. The van der Waals surface area contributed by atoms with Gasteiger partial charge in [0.05, 0.1) is 11.6 Å². The fourth-order valence-electron chi connectivity index (χ4n) is 1.00. The molecule has 1 aromatic rings. The number of hydrogen-bond acceptors (Lipinski definition) is 2. The molecule has 0 amide bonds. The Morgan fingerprint density at radius 1 is 1.50 bits per heavy atom. The quantitative estimate of drug-likeness (QED) is 0.727. The van der Waals surface area contributed by atoms with Crippen LogP contribution in [0, 0.1) is 6.92 Å². The zero-order valence-electron chi connectivity index (χ0n) is 7.64. The van der Waals surface area contributed by atoms with Gasteiger partial charge in [0.25, 0.3) is 0 Å². The lowest BCUT2D eigenvalue weighted by atomic mass is 10.3. The van der Waals surface area contributed by atoms with Crippen LogP contribution in [0.5, 0.6) is 0 Å². The van der Waals surface area contributed by atoms with Crippen LogP contribution >= 0.6 is 11.6 Å². The number of hydrogen-bond donors (Lipinski definition) is 0. The second-order valence-corrected chi connectivity index (χ2v) is 3.18. The van der Waals surface area contributed by atoms with E-state index in [2.05, 4.69) is 10.3 Å². The van der Waals surface area contributed by atoms with E-state index in [1.807, 2.05) is 0 Å². The van der Waals surface area contributed by atoms with Crippen LogP contribution in [0.15, 0.2) is 0 Å². The Kier molecular flexibility index (Phi) is 3.04. The van der Waals surface area contributed by atoms with Gasteiger partial charge >= 0.3 is 6.18 Å². The number of nitrogens with zero attached hydrogens (tertiary/aromatic N) is 3. The summed E-state index contributed by atoms with van der Waals surface area (Å²) in [6.45, 7) is 2.54. The minimum Gasteiger partial charge on any atom is -0.237 e. The van der Waals surface area contributed by atoms with Crippen LogP contribution in [0.1, 0.15) is 24.4 Å². The summed E-state index contributed by atoms with van der Waals surface area (Å²) in [5, 5.41) is 6.96. The standard InChI is InChI=1S/C7H9ClF3N3/c1-4-6(3-8)12-13-14(4)5(2)7(9,10)11/h5H,3H2,1-2H3. The summed E-state index contributed by atoms with van der Waals surface area (Å²) in [4.78, 5) is 0. The Morgan fingerprint density at radius 2 is 2.07 bits per heavy atom. The van der Waals surface area contributed by atoms with E-state index in [0.29, 0.717) is 11.4 Å². The van der Waals surface area contributed by atoms with Gasteiger partial charge in [0, 0.05) is 0 Å². The fourth-order valence-corrected chi connectivity index (χ4v) is 1.25. The van der Waals surface area contributed by atoms with Crippen molar-refractivity contribution in [2.75, 3.05) is 0 Å². The number of aromatic nitrogens is 3. The predicted molar refractivity (Wildman–Crippen MR) is 45.1 cm³/mol. The molecule has 0 N–H and O–H groups in total. The van der Waals surface area contributed by atoms with Gasteiger partial charge in [-0.1, -0.05) is 5.21 Å². The highest BCUT2D eigenvalue weighted by atomic mass is 35.5. The van der Waals surface area contributed by atoms with Crippen molar-refractivity contribution in [3.8, 4) is 0 Å². The molecule has 0 bridgehead atoms. The van der Waals surface area contributed by atoms with Crippen LogP contribution in [0.4, 0.5) is 13.2 Å². The highest BCUT2D eigenvalue weighted by molar-refractivity contribution is 6.16. The smallest absolute Gasteiger partial charge is 0.237 e. The molecule has 0 spiro atoms. The molecule has 0 saturated heterocycles. The monoisotopic (exact) mass is 227 g/mol. The van der Waals surface area contributed by atoms with Crippen molar-refractivity contribution in [3.63, 3.8) is 0 Å². The maximum absolute atomic E-state index is 12.3. The molecule has 0 aliphatic carbocycles. The Hall–Kier alpha value is -0.780. The summed E-state index contributed by atoms with van der Waals surface area (Å²) in [6.07, 6.45) is -4.32. The van der Waals surface area contributed by atoms with Crippen LogP contribution in [-0.4, -0.2) is 21.2 Å². The topological polar surface area (TPSA) is 30.7 Å². The molecule has 1 heterocycles. The van der Waals surface area contributed by atoms with Crippen LogP contribution in [0.25, 0.3) is 0 Å². The number of alkyl halides is 4. The second kappa shape index (κ2) is 3.76. The maximum Gasteiger partial charge on any atom is 0.410 e. The van der Waals surface area contributed by atoms with Crippen LogP contribution < -0.4 is 0 Å². The van der Waals surface area contributed by atoms with Crippen LogP contribution in [-0.2, 0) is 5.88 Å². The highest BCUT2D eigenvalue weighted by Crippen LogP contribution is 2.30. The first kappa shape index (κ1) is 11.3. The summed E-state index contributed by atoms with van der Waals surface area (Å²) < 4.78 is 37.8. The molecule has 0 fully saturated rings. The van der Waals surface area contributed by atoms with E-state index in [-0.39, 0.29) is 5.88 Å². The molecule has 3 nitrogen and oxygen atoms in total. The lowest BCUT2D eigenvalue weighted by Gasteiger charge is -2.16. The SMILES string of the molecule is Cc1c(CCl)nnn1C(C)C(F)(F)F. The van der Waals surface area contributed by atoms with Gasteiger partial charge in [-0.05, 0) is 13.8 Å². The van der Waals surface area contributed by atoms with Gasteiger partial charge in [-0.15, -0.1) is 16.7 Å². The Morgan fingerprint density at radius 3 is 2.43 bits per heavy atom. The summed E-state index contributed by atoms with van der Waals surface area (Å²) in [7, 11) is 0. The minimum absolute atomic E-state index is 0.0659. The molecular formula is C7H9ClF3N3. The molecule has 0 saturated carbocycles. The van der Waals surface area contributed by atoms with Crippen molar-refractivity contribution < 1.29 is 13.2 Å². The normalized spacial score (nSPS) is 14.4. The third-order valence-corrected chi connectivity index (χ3v) is 2.24. The summed E-state index contributed by atoms with van der Waals surface area (Å²) in [5.41, 5.74) is 0.729. The zero-order chi connectivity index (χ0) is 10.9. The first-order valence-corrected chi connectivity index (χ1v) is 4.44. The van der Waals surface area contributed by atoms with E-state index in [4.69, 9.17) is 11.6 Å². The van der Waals surface area contributed by atoms with E-state index in [1.165, 1.54) is 6.92 Å². The summed E-state index contributed by atoms with van der Waals surface area (Å²) in [6, 6.07) is -1.67. The average molecular weight is 228 g/mol. The van der Waals surface area contributed by atoms with Crippen molar-refractivity contribution in [2.24, 2.45) is 0 Å². The van der Waals surface area contributed by atoms with Gasteiger partial charge in [0.15, 0.2) is 0 Å². The van der Waals surface area contributed by atoms with Gasteiger partial charge in [-0.3, -0.25) is 0 Å². The first-order chi connectivity index (χ1) is 6.38. The molecule has 7 heteroatoms. The Bertz CT molecular complexity index is 320. The molecule has 14 heavy (non-hydrogen) atoms. The zero-order valence-corrected chi connectivity index (χ0v) is 8.39. The van der Waals surface area contributed by atoms with E-state index in [0.717, 1.165) is 11.6 Å². The number of rotatable bonds is 2. The molecule has 0 radical (unpaired) electrons. The Labute approximate surface area is 83.9 Å². The molecule has 0 aliphatic heterocycles. The molecule has 0 aromatic carbocycles. The minimum atomic E-state index is -4.32. The Balaban J connectivity index is 3.02. The second-order valence-electron chi connectivity index (χ2n) is 2.92. The van der Waals surface area contributed by atoms with E-state index in [9.17, 15) is 13.2 Å². The fraction of sp³-hybridized carbons (Fsp3) is 0.714. The van der Waals surface area contributed by atoms with E-state index < -0.39 is 12.2 Å². The van der Waals surface area contributed by atoms with Gasteiger partial charge in [0.1, 0.15) is 11.7 Å². The first-order valence-electron chi connectivity index (χ1n) is 3.91. The third-order valence-electron chi connectivity index (χ3n) is 1.99. The van der Waals surface area contributed by atoms with Gasteiger partial charge in [-0.25, -0.2) is 4.68 Å². The van der Waals surface area contributed by atoms with Crippen molar-refractivity contribution in [2.45, 2.75) is 31.9 Å². The van der Waals surface area contributed by atoms with Gasteiger partial charge < -0.3 is 0 Å². The molecular weight excluding hydrogens is 219 g/mol. The average Bonchev–Trinajstić information content (AvgIpc) is 2.43. The lowest BCUT2D eigenvalue weighted by Crippen LogP contribution is -2.25. The number of halogens is 4. The van der Waals surface area contributed by atoms with Crippen molar-refractivity contribution in [1.82, 2.24) is 15.0 Å². The predicted octanol–water partition coefficient (Wildman–Crippen LogP) is 2.45. The van der Waals surface area contributed by atoms with Crippen molar-refractivity contribution >= 4 is 11.6 Å². The lowest BCUT2D eigenvalue weighted by molar-refractivity contribution is -0.166. The van der Waals surface area contributed by atoms with E-state index >= 15 is 0 Å². The summed E-state index contributed by atoms with van der Waals surface area (Å²) >= 11 is 5.47. The summed E-state index contributed by atoms with van der Waals surface area (Å²) in [5.74, 6) is 0.0659. The van der Waals surface area contributed by atoms with Crippen LogP contribution in [0.2, 0.25) is 0 Å².